The predicted molar refractivity (Wildman–Crippen MR) is 100 cm³/mol. The van der Waals surface area contributed by atoms with Crippen molar-refractivity contribution >= 4 is 17.5 Å². The largest absolute Gasteiger partial charge is 0.457 e. The second-order valence-electron chi connectivity index (χ2n) is 7.38. The number of rotatable bonds is 3. The second kappa shape index (κ2) is 6.88. The number of benzene rings is 2. The van der Waals surface area contributed by atoms with E-state index in [4.69, 9.17) is 10.00 Å². The fourth-order valence-electron chi connectivity index (χ4n) is 4.04. The van der Waals surface area contributed by atoms with Crippen LogP contribution in [0.2, 0.25) is 0 Å². The molecule has 0 aromatic heterocycles. The first-order valence-electron chi connectivity index (χ1n) is 9.22. The number of ether oxygens (including phenoxy) is 1. The summed E-state index contributed by atoms with van der Waals surface area (Å²) in [5, 5.41) is 8.84. The van der Waals surface area contributed by atoms with Gasteiger partial charge in [-0.15, -0.1) is 0 Å². The summed E-state index contributed by atoms with van der Waals surface area (Å²) in [5.74, 6) is 1.24. The Morgan fingerprint density at radius 1 is 0.926 bits per heavy atom. The summed E-state index contributed by atoms with van der Waals surface area (Å²) in [4.78, 5) is 26.9. The van der Waals surface area contributed by atoms with Gasteiger partial charge in [-0.05, 0) is 73.7 Å². The van der Waals surface area contributed by atoms with Crippen molar-refractivity contribution in [1.82, 2.24) is 0 Å². The van der Waals surface area contributed by atoms with Crippen LogP contribution < -0.4 is 9.64 Å². The topological polar surface area (TPSA) is 70.4 Å². The summed E-state index contributed by atoms with van der Waals surface area (Å²) in [6.45, 7) is 2.14. The van der Waals surface area contributed by atoms with Crippen LogP contribution in [0.15, 0.2) is 48.5 Å². The van der Waals surface area contributed by atoms with Gasteiger partial charge in [-0.3, -0.25) is 14.5 Å². The molecule has 0 unspecified atom stereocenters. The van der Waals surface area contributed by atoms with Crippen molar-refractivity contribution in [3.63, 3.8) is 0 Å². The minimum atomic E-state index is -0.171. The van der Waals surface area contributed by atoms with Crippen LogP contribution in [0.25, 0.3) is 0 Å². The summed E-state index contributed by atoms with van der Waals surface area (Å²) >= 11 is 0. The fraction of sp³-hybridized carbons (Fsp3) is 0.318. The highest BCUT2D eigenvalue weighted by molar-refractivity contribution is 6.22. The second-order valence-corrected chi connectivity index (χ2v) is 7.38. The average Bonchev–Trinajstić information content (AvgIpc) is 2.93. The van der Waals surface area contributed by atoms with E-state index in [2.05, 4.69) is 13.0 Å². The lowest BCUT2D eigenvalue weighted by atomic mass is 9.76. The molecular formula is C22H20N2O3. The number of imide groups is 1. The minimum Gasteiger partial charge on any atom is -0.457 e. The van der Waals surface area contributed by atoms with Crippen LogP contribution in [0, 0.1) is 29.1 Å². The van der Waals surface area contributed by atoms with Gasteiger partial charge in [-0.25, -0.2) is 0 Å². The Labute approximate surface area is 158 Å². The van der Waals surface area contributed by atoms with Crippen molar-refractivity contribution in [3.8, 4) is 17.6 Å². The number of amides is 2. The monoisotopic (exact) mass is 360 g/mol. The maximum Gasteiger partial charge on any atom is 0.237 e. The molecule has 1 saturated heterocycles. The number of carbonyl (C=O) groups is 2. The van der Waals surface area contributed by atoms with Crippen LogP contribution in [0.3, 0.4) is 0 Å². The molecule has 2 fully saturated rings. The third-order valence-electron chi connectivity index (χ3n) is 5.50. The van der Waals surface area contributed by atoms with Gasteiger partial charge in [-0.2, -0.15) is 5.26 Å². The van der Waals surface area contributed by atoms with E-state index in [1.807, 2.05) is 0 Å². The van der Waals surface area contributed by atoms with Gasteiger partial charge >= 0.3 is 0 Å². The summed E-state index contributed by atoms with van der Waals surface area (Å²) in [6, 6.07) is 15.9. The Bertz CT molecular complexity index is 912. The van der Waals surface area contributed by atoms with E-state index in [1.165, 1.54) is 4.90 Å². The van der Waals surface area contributed by atoms with Crippen molar-refractivity contribution < 1.29 is 14.3 Å². The van der Waals surface area contributed by atoms with E-state index in [9.17, 15) is 9.59 Å². The van der Waals surface area contributed by atoms with Crippen LogP contribution in [0.1, 0.15) is 31.7 Å². The molecule has 1 aliphatic carbocycles. The Kier molecular flexibility index (Phi) is 4.41. The smallest absolute Gasteiger partial charge is 0.237 e. The predicted octanol–water partition coefficient (Wildman–Crippen LogP) is 4.28. The zero-order chi connectivity index (χ0) is 19.0. The lowest BCUT2D eigenvalue weighted by Gasteiger charge is -2.25. The molecule has 1 aliphatic heterocycles. The molecule has 0 spiro atoms. The summed E-state index contributed by atoms with van der Waals surface area (Å²) in [5.41, 5.74) is 1.17. The van der Waals surface area contributed by atoms with E-state index in [1.54, 1.807) is 48.5 Å². The third kappa shape index (κ3) is 3.19. The van der Waals surface area contributed by atoms with Crippen LogP contribution in [-0.2, 0) is 9.59 Å². The average molecular weight is 360 g/mol. The molecule has 2 amide bonds. The van der Waals surface area contributed by atoms with Gasteiger partial charge in [-0.1, -0.05) is 6.92 Å². The molecule has 0 radical (unpaired) electrons. The van der Waals surface area contributed by atoms with E-state index < -0.39 is 0 Å². The maximum atomic E-state index is 12.8. The minimum absolute atomic E-state index is 0.0716. The first kappa shape index (κ1) is 17.3. The first-order chi connectivity index (χ1) is 13.1. The quantitative estimate of drug-likeness (QED) is 0.766. The number of anilines is 1. The van der Waals surface area contributed by atoms with Gasteiger partial charge in [0.2, 0.25) is 11.8 Å². The van der Waals surface area contributed by atoms with E-state index in [0.717, 1.165) is 19.3 Å². The van der Waals surface area contributed by atoms with Crippen LogP contribution in [-0.4, -0.2) is 11.8 Å². The van der Waals surface area contributed by atoms with Gasteiger partial charge in [0, 0.05) is 0 Å². The fourth-order valence-corrected chi connectivity index (χ4v) is 4.04. The number of fused-ring (bicyclic) bond motifs is 1. The SMILES string of the molecule is C[C@@H]1CC[C@H]2C(=O)N(c3ccc(Oc4ccc(C#N)cc4)cc3)C(=O)[C@@H]2C1. The highest BCUT2D eigenvalue weighted by atomic mass is 16.5. The van der Waals surface area contributed by atoms with Crippen molar-refractivity contribution in [1.29, 1.82) is 5.26 Å². The molecule has 5 nitrogen and oxygen atoms in total. The van der Waals surface area contributed by atoms with Gasteiger partial charge in [0.1, 0.15) is 11.5 Å². The zero-order valence-electron chi connectivity index (χ0n) is 15.1. The summed E-state index contributed by atoms with van der Waals surface area (Å²) in [7, 11) is 0. The summed E-state index contributed by atoms with van der Waals surface area (Å²) < 4.78 is 5.76. The van der Waals surface area contributed by atoms with Crippen molar-refractivity contribution in [3.05, 3.63) is 54.1 Å². The third-order valence-corrected chi connectivity index (χ3v) is 5.50. The molecule has 4 rings (SSSR count). The maximum absolute atomic E-state index is 12.8. The number of carbonyl (C=O) groups excluding carboxylic acids is 2. The molecule has 0 bridgehead atoms. The standard InChI is InChI=1S/C22H20N2O3/c1-14-2-11-19-20(12-14)22(26)24(21(19)25)16-5-9-18(10-6-16)27-17-7-3-15(13-23)4-8-17/h3-10,14,19-20H,2,11-12H2,1H3/t14-,19-,20-/m1/s1. The number of nitrogens with zero attached hydrogens (tertiary/aromatic N) is 2. The molecular weight excluding hydrogens is 340 g/mol. The first-order valence-corrected chi connectivity index (χ1v) is 9.22. The van der Waals surface area contributed by atoms with E-state index in [-0.39, 0.29) is 23.7 Å². The van der Waals surface area contributed by atoms with Crippen molar-refractivity contribution in [2.45, 2.75) is 26.2 Å². The number of nitriles is 1. The lowest BCUT2D eigenvalue weighted by molar-refractivity contribution is -0.122. The molecule has 2 aromatic rings. The Hall–Kier alpha value is -3.13. The lowest BCUT2D eigenvalue weighted by Crippen LogP contribution is -2.30. The molecule has 2 aromatic carbocycles. The van der Waals surface area contributed by atoms with Crippen LogP contribution in [0.5, 0.6) is 11.5 Å². The highest BCUT2D eigenvalue weighted by Gasteiger charge is 2.49. The zero-order valence-corrected chi connectivity index (χ0v) is 15.1. The van der Waals surface area contributed by atoms with Crippen molar-refractivity contribution in [2.24, 2.45) is 17.8 Å². The van der Waals surface area contributed by atoms with Crippen LogP contribution in [0.4, 0.5) is 5.69 Å². The number of hydrogen-bond donors (Lipinski definition) is 0. The molecule has 1 saturated carbocycles. The summed E-state index contributed by atoms with van der Waals surface area (Å²) in [6.07, 6.45) is 2.60. The molecule has 3 atom stereocenters. The molecule has 136 valence electrons. The van der Waals surface area contributed by atoms with E-state index in [0.29, 0.717) is 28.7 Å². The number of hydrogen-bond acceptors (Lipinski definition) is 4. The molecule has 0 N–H and O–H groups in total. The van der Waals surface area contributed by atoms with Crippen LogP contribution >= 0.6 is 0 Å². The van der Waals surface area contributed by atoms with Gasteiger partial charge in [0.15, 0.2) is 0 Å². The normalized spacial score (nSPS) is 24.4. The van der Waals surface area contributed by atoms with Gasteiger partial charge in [0.05, 0.1) is 29.2 Å². The van der Waals surface area contributed by atoms with Gasteiger partial charge in [0.25, 0.3) is 0 Å². The molecule has 5 heteroatoms. The Balaban J connectivity index is 1.51. The molecule has 1 heterocycles. The molecule has 27 heavy (non-hydrogen) atoms. The Morgan fingerprint density at radius 2 is 1.52 bits per heavy atom. The van der Waals surface area contributed by atoms with Crippen molar-refractivity contribution in [2.75, 3.05) is 4.90 Å². The Morgan fingerprint density at radius 3 is 2.15 bits per heavy atom. The molecule has 2 aliphatic rings. The van der Waals surface area contributed by atoms with Gasteiger partial charge < -0.3 is 4.74 Å². The highest BCUT2D eigenvalue weighted by Crippen LogP contribution is 2.42. The van der Waals surface area contributed by atoms with E-state index >= 15 is 0 Å².